The highest BCUT2D eigenvalue weighted by atomic mass is 16.6. The molecule has 1 rings (SSSR count). The zero-order chi connectivity index (χ0) is 7.40. The lowest BCUT2D eigenvalue weighted by atomic mass is 10.6. The summed E-state index contributed by atoms with van der Waals surface area (Å²) in [4.78, 5) is 13.1. The van der Waals surface area contributed by atoms with Crippen LogP contribution in [0.1, 0.15) is 0 Å². The fourth-order valence-electron chi connectivity index (χ4n) is 0.556. The number of imidazole rings is 1. The highest BCUT2D eigenvalue weighted by molar-refractivity contribution is 4.74. The van der Waals surface area contributed by atoms with E-state index in [1.54, 1.807) is 17.0 Å². The smallest absolute Gasteiger partial charge is 0.298 e. The van der Waals surface area contributed by atoms with Crippen molar-refractivity contribution in [3.63, 3.8) is 0 Å². The lowest BCUT2D eigenvalue weighted by Crippen LogP contribution is -2.01. The van der Waals surface area contributed by atoms with Gasteiger partial charge in [-0.2, -0.15) is 0 Å². The van der Waals surface area contributed by atoms with Gasteiger partial charge >= 0.3 is 0 Å². The van der Waals surface area contributed by atoms with Gasteiger partial charge < -0.3 is 4.57 Å². The number of aromatic nitrogens is 2. The van der Waals surface area contributed by atoms with Crippen molar-refractivity contribution < 1.29 is 4.92 Å². The molecule has 1 radical (unpaired) electrons. The molecule has 0 aliphatic carbocycles. The number of nitrogens with zero attached hydrogens (tertiary/aromatic N) is 3. The first-order valence-corrected chi connectivity index (χ1v) is 2.71. The average Bonchev–Trinajstić information content (AvgIpc) is 2.34. The molecule has 1 heterocycles. The molecular weight excluding hydrogens is 134 g/mol. The first-order valence-electron chi connectivity index (χ1n) is 2.71. The van der Waals surface area contributed by atoms with Crippen LogP contribution in [-0.2, 0) is 6.54 Å². The summed E-state index contributed by atoms with van der Waals surface area (Å²) in [5.41, 5.74) is 0. The van der Waals surface area contributed by atoms with Crippen molar-refractivity contribution in [1.29, 1.82) is 0 Å². The third-order valence-electron chi connectivity index (χ3n) is 1.00. The average molecular weight is 140 g/mol. The summed E-state index contributed by atoms with van der Waals surface area (Å²) in [7, 11) is 0. The van der Waals surface area contributed by atoms with Crippen LogP contribution in [0, 0.1) is 16.7 Å². The van der Waals surface area contributed by atoms with Gasteiger partial charge in [0.15, 0.2) is 0 Å². The van der Waals surface area contributed by atoms with E-state index >= 15 is 0 Å². The Kier molecular flexibility index (Phi) is 1.99. The largest absolute Gasteiger partial charge is 0.330 e. The molecule has 53 valence electrons. The Labute approximate surface area is 57.5 Å². The Hall–Kier alpha value is -1.39. The molecule has 5 nitrogen and oxygen atoms in total. The van der Waals surface area contributed by atoms with Crippen molar-refractivity contribution in [2.45, 2.75) is 6.54 Å². The first kappa shape index (κ1) is 6.73. The molecule has 0 aliphatic rings. The van der Waals surface area contributed by atoms with Crippen LogP contribution in [0.15, 0.2) is 18.7 Å². The van der Waals surface area contributed by atoms with Gasteiger partial charge in [0.1, 0.15) is 0 Å². The van der Waals surface area contributed by atoms with Gasteiger partial charge in [-0.3, -0.25) is 10.1 Å². The van der Waals surface area contributed by atoms with Crippen molar-refractivity contribution in [2.75, 3.05) is 0 Å². The predicted octanol–water partition coefficient (Wildman–Crippen LogP) is 0.322. The first-order chi connectivity index (χ1) is 4.79. The van der Waals surface area contributed by atoms with E-state index in [0.29, 0.717) is 0 Å². The molecule has 1 aromatic heterocycles. The Morgan fingerprint density at radius 3 is 3.10 bits per heavy atom. The summed E-state index contributed by atoms with van der Waals surface area (Å²) in [6.45, 7) is 1.24. The molecule has 0 fully saturated rings. The van der Waals surface area contributed by atoms with E-state index in [1.807, 2.05) is 0 Å². The number of nitro groups is 1. The van der Waals surface area contributed by atoms with Gasteiger partial charge in [-0.05, 0) is 0 Å². The number of hydrogen-bond acceptors (Lipinski definition) is 3. The maximum atomic E-state index is 9.81. The van der Waals surface area contributed by atoms with Crippen molar-refractivity contribution in [3.8, 4) is 0 Å². The van der Waals surface area contributed by atoms with E-state index in [2.05, 4.69) is 4.98 Å². The van der Waals surface area contributed by atoms with Gasteiger partial charge in [0.25, 0.3) is 6.54 Å². The van der Waals surface area contributed by atoms with Gasteiger partial charge in [-0.15, -0.1) is 0 Å². The summed E-state index contributed by atoms with van der Waals surface area (Å²) in [6.07, 6.45) is 4.77. The normalized spacial score (nSPS) is 9.60. The molecule has 1 aromatic rings. The molecule has 0 saturated heterocycles. The monoisotopic (exact) mass is 140 g/mol. The second-order valence-electron chi connectivity index (χ2n) is 1.73. The summed E-state index contributed by atoms with van der Waals surface area (Å²) in [5, 5.41) is 9.81. The summed E-state index contributed by atoms with van der Waals surface area (Å²) in [5.74, 6) is 0. The summed E-state index contributed by atoms with van der Waals surface area (Å²) in [6, 6.07) is 0. The van der Waals surface area contributed by atoms with Crippen molar-refractivity contribution >= 4 is 0 Å². The molecule has 0 aliphatic heterocycles. The molecule has 0 saturated carbocycles. The number of rotatable bonds is 3. The lowest BCUT2D eigenvalue weighted by Gasteiger charge is -1.92. The van der Waals surface area contributed by atoms with Crippen molar-refractivity contribution in [2.24, 2.45) is 0 Å². The van der Waals surface area contributed by atoms with Gasteiger partial charge in [-0.25, -0.2) is 4.98 Å². The molecule has 0 bridgehead atoms. The van der Waals surface area contributed by atoms with E-state index in [-0.39, 0.29) is 6.54 Å². The van der Waals surface area contributed by atoms with Crippen LogP contribution in [0.25, 0.3) is 0 Å². The van der Waals surface area contributed by atoms with Crippen LogP contribution in [0.3, 0.4) is 0 Å². The SMILES string of the molecule is O=[N+]([O-])[CH]Cn1ccnc1. The van der Waals surface area contributed by atoms with Crippen LogP contribution in [-0.4, -0.2) is 14.5 Å². The topological polar surface area (TPSA) is 61.0 Å². The second kappa shape index (κ2) is 2.95. The van der Waals surface area contributed by atoms with Crippen LogP contribution < -0.4 is 0 Å². The Morgan fingerprint density at radius 2 is 2.60 bits per heavy atom. The van der Waals surface area contributed by atoms with Gasteiger partial charge in [0.05, 0.1) is 12.9 Å². The molecular formula is C5H6N3O2. The van der Waals surface area contributed by atoms with E-state index in [9.17, 15) is 10.1 Å². The Balaban J connectivity index is 2.35. The van der Waals surface area contributed by atoms with E-state index < -0.39 is 4.92 Å². The minimum Gasteiger partial charge on any atom is -0.330 e. The third kappa shape index (κ3) is 1.85. The molecule has 0 spiro atoms. The van der Waals surface area contributed by atoms with E-state index in [4.69, 9.17) is 0 Å². The number of hydrogen-bond donors (Lipinski definition) is 0. The van der Waals surface area contributed by atoms with Crippen LogP contribution in [0.5, 0.6) is 0 Å². The van der Waals surface area contributed by atoms with Gasteiger partial charge in [0.2, 0.25) is 0 Å². The molecule has 10 heavy (non-hydrogen) atoms. The predicted molar refractivity (Wildman–Crippen MR) is 33.5 cm³/mol. The summed E-state index contributed by atoms with van der Waals surface area (Å²) < 4.78 is 1.61. The zero-order valence-corrected chi connectivity index (χ0v) is 5.17. The molecule has 0 amide bonds. The van der Waals surface area contributed by atoms with Crippen molar-refractivity contribution in [3.05, 3.63) is 35.4 Å². The molecule has 5 heteroatoms. The lowest BCUT2D eigenvalue weighted by molar-refractivity contribution is -0.438. The van der Waals surface area contributed by atoms with Gasteiger partial charge in [-0.1, -0.05) is 0 Å². The maximum absolute atomic E-state index is 9.81. The standard InChI is InChI=1S/C5H6N3O2/c9-8(10)4-3-7-2-1-6-5-7/h1-2,4-5H,3H2. The maximum Gasteiger partial charge on any atom is 0.298 e. The van der Waals surface area contributed by atoms with Gasteiger partial charge in [0, 0.05) is 17.3 Å². The molecule has 0 atom stereocenters. The third-order valence-corrected chi connectivity index (χ3v) is 1.00. The Bertz CT molecular complexity index is 207. The minimum atomic E-state index is -0.472. The van der Waals surface area contributed by atoms with Crippen LogP contribution in [0.4, 0.5) is 0 Å². The molecule has 0 N–H and O–H groups in total. The highest BCUT2D eigenvalue weighted by Gasteiger charge is 1.98. The molecule has 0 aromatic carbocycles. The minimum absolute atomic E-state index is 0.271. The highest BCUT2D eigenvalue weighted by Crippen LogP contribution is 1.88. The zero-order valence-electron chi connectivity index (χ0n) is 5.17. The van der Waals surface area contributed by atoms with Crippen molar-refractivity contribution in [1.82, 2.24) is 9.55 Å². The van der Waals surface area contributed by atoms with Crippen LogP contribution >= 0.6 is 0 Å². The summed E-state index contributed by atoms with van der Waals surface area (Å²) >= 11 is 0. The Morgan fingerprint density at radius 1 is 1.80 bits per heavy atom. The van der Waals surface area contributed by atoms with E-state index in [1.165, 1.54) is 6.33 Å². The second-order valence-corrected chi connectivity index (χ2v) is 1.73. The van der Waals surface area contributed by atoms with Crippen LogP contribution in [0.2, 0.25) is 0 Å². The fourth-order valence-corrected chi connectivity index (χ4v) is 0.556. The quantitative estimate of drug-likeness (QED) is 0.448. The molecule has 0 unspecified atom stereocenters. The fraction of sp³-hybridized carbons (Fsp3) is 0.200. The van der Waals surface area contributed by atoms with E-state index in [0.717, 1.165) is 6.54 Å².